The highest BCUT2D eigenvalue weighted by Crippen LogP contribution is 2.29. The number of amides is 2. The molecular formula is C25H32N2O5. The number of piperazine rings is 1. The van der Waals surface area contributed by atoms with Gasteiger partial charge in [-0.05, 0) is 42.7 Å². The van der Waals surface area contributed by atoms with Gasteiger partial charge in [-0.3, -0.25) is 9.59 Å². The molecule has 0 N–H and O–H groups in total. The molecular weight excluding hydrogens is 408 g/mol. The topological polar surface area (TPSA) is 68.3 Å². The fourth-order valence-electron chi connectivity index (χ4n) is 3.84. The van der Waals surface area contributed by atoms with Crippen molar-refractivity contribution < 1.29 is 23.8 Å². The quantitative estimate of drug-likeness (QED) is 0.658. The van der Waals surface area contributed by atoms with E-state index in [2.05, 4.69) is 13.8 Å². The Morgan fingerprint density at radius 2 is 1.44 bits per heavy atom. The second-order valence-electron chi connectivity index (χ2n) is 8.14. The van der Waals surface area contributed by atoms with Crippen LogP contribution in [0.5, 0.6) is 17.2 Å². The fraction of sp³-hybridized carbons (Fsp3) is 0.440. The average molecular weight is 441 g/mol. The summed E-state index contributed by atoms with van der Waals surface area (Å²) in [6, 6.07) is 12.9. The predicted octanol–water partition coefficient (Wildman–Crippen LogP) is 3.58. The SMILES string of the molecule is COc1ccc(C(=O)N2CCN(C(=O)C(C)Oc3ccccc3C(C)C)CC2)cc1OC. The Balaban J connectivity index is 1.59. The maximum Gasteiger partial charge on any atom is 0.263 e. The Hall–Kier alpha value is -3.22. The molecule has 0 spiro atoms. The van der Waals surface area contributed by atoms with Crippen molar-refractivity contribution in [2.45, 2.75) is 32.8 Å². The summed E-state index contributed by atoms with van der Waals surface area (Å²) in [5.74, 6) is 1.98. The van der Waals surface area contributed by atoms with Crippen LogP contribution >= 0.6 is 0 Å². The molecule has 1 aliphatic rings. The first-order valence-corrected chi connectivity index (χ1v) is 10.9. The largest absolute Gasteiger partial charge is 0.493 e. The third kappa shape index (κ3) is 5.15. The van der Waals surface area contributed by atoms with Crippen LogP contribution in [-0.4, -0.2) is 68.1 Å². The summed E-state index contributed by atoms with van der Waals surface area (Å²) in [6.45, 7) is 7.85. The minimum atomic E-state index is -0.594. The van der Waals surface area contributed by atoms with Crippen molar-refractivity contribution in [1.82, 2.24) is 9.80 Å². The molecule has 1 heterocycles. The van der Waals surface area contributed by atoms with E-state index < -0.39 is 6.10 Å². The first-order chi connectivity index (χ1) is 15.3. The molecule has 7 heteroatoms. The molecule has 1 aliphatic heterocycles. The normalized spacial score (nSPS) is 14.8. The van der Waals surface area contributed by atoms with Gasteiger partial charge in [-0.15, -0.1) is 0 Å². The van der Waals surface area contributed by atoms with Crippen LogP contribution in [0.25, 0.3) is 0 Å². The predicted molar refractivity (Wildman–Crippen MR) is 123 cm³/mol. The highest BCUT2D eigenvalue weighted by atomic mass is 16.5. The van der Waals surface area contributed by atoms with Crippen LogP contribution in [0.15, 0.2) is 42.5 Å². The zero-order valence-corrected chi connectivity index (χ0v) is 19.5. The highest BCUT2D eigenvalue weighted by molar-refractivity contribution is 5.95. The third-order valence-electron chi connectivity index (χ3n) is 5.70. The number of carbonyl (C=O) groups is 2. The van der Waals surface area contributed by atoms with Gasteiger partial charge in [0.25, 0.3) is 11.8 Å². The second-order valence-corrected chi connectivity index (χ2v) is 8.14. The third-order valence-corrected chi connectivity index (χ3v) is 5.70. The van der Waals surface area contributed by atoms with Gasteiger partial charge in [-0.2, -0.15) is 0 Å². The summed E-state index contributed by atoms with van der Waals surface area (Å²) in [6.07, 6.45) is -0.594. The van der Waals surface area contributed by atoms with Crippen molar-refractivity contribution in [2.24, 2.45) is 0 Å². The minimum Gasteiger partial charge on any atom is -0.493 e. The van der Waals surface area contributed by atoms with E-state index in [-0.39, 0.29) is 11.8 Å². The number of benzene rings is 2. The Bertz CT molecular complexity index is 951. The summed E-state index contributed by atoms with van der Waals surface area (Å²) in [5.41, 5.74) is 1.61. The van der Waals surface area contributed by atoms with Crippen LogP contribution in [0.3, 0.4) is 0 Å². The van der Waals surface area contributed by atoms with Crippen molar-refractivity contribution >= 4 is 11.8 Å². The Morgan fingerprint density at radius 3 is 2.06 bits per heavy atom. The number of carbonyl (C=O) groups excluding carboxylic acids is 2. The minimum absolute atomic E-state index is 0.0678. The monoisotopic (exact) mass is 440 g/mol. The second kappa shape index (κ2) is 10.4. The standard InChI is InChI=1S/C25H32N2O5/c1-17(2)20-8-6-7-9-21(20)32-18(3)24(28)26-12-14-27(15-13-26)25(29)19-10-11-22(30-4)23(16-19)31-5/h6-11,16-18H,12-15H2,1-5H3. The van der Waals surface area contributed by atoms with E-state index in [9.17, 15) is 9.59 Å². The maximum absolute atomic E-state index is 13.0. The maximum atomic E-state index is 13.0. The molecule has 2 amide bonds. The molecule has 0 radical (unpaired) electrons. The van der Waals surface area contributed by atoms with E-state index in [1.165, 1.54) is 0 Å². The summed E-state index contributed by atoms with van der Waals surface area (Å²) >= 11 is 0. The van der Waals surface area contributed by atoms with Gasteiger partial charge >= 0.3 is 0 Å². The van der Waals surface area contributed by atoms with Gasteiger partial charge in [0.1, 0.15) is 5.75 Å². The molecule has 1 unspecified atom stereocenters. The van der Waals surface area contributed by atoms with Crippen molar-refractivity contribution in [3.8, 4) is 17.2 Å². The van der Waals surface area contributed by atoms with Crippen LogP contribution in [0.1, 0.15) is 42.6 Å². The molecule has 0 aromatic heterocycles. The Morgan fingerprint density at radius 1 is 0.812 bits per heavy atom. The van der Waals surface area contributed by atoms with Crippen molar-refractivity contribution in [2.75, 3.05) is 40.4 Å². The van der Waals surface area contributed by atoms with Gasteiger partial charge in [-0.25, -0.2) is 0 Å². The highest BCUT2D eigenvalue weighted by Gasteiger charge is 2.29. The lowest BCUT2D eigenvalue weighted by atomic mass is 10.0. The number of para-hydroxylation sites is 1. The van der Waals surface area contributed by atoms with Crippen molar-refractivity contribution in [1.29, 1.82) is 0 Å². The number of ether oxygens (including phenoxy) is 3. The van der Waals surface area contributed by atoms with Crippen molar-refractivity contribution in [3.05, 3.63) is 53.6 Å². The molecule has 1 atom stereocenters. The molecule has 1 fully saturated rings. The lowest BCUT2D eigenvalue weighted by molar-refractivity contribution is -0.139. The van der Waals surface area contributed by atoms with Gasteiger partial charge in [0.2, 0.25) is 0 Å². The molecule has 0 saturated carbocycles. The van der Waals surface area contributed by atoms with E-state index in [0.717, 1.165) is 11.3 Å². The zero-order chi connectivity index (χ0) is 23.3. The molecule has 0 aliphatic carbocycles. The zero-order valence-electron chi connectivity index (χ0n) is 19.5. The van der Waals surface area contributed by atoms with Gasteiger partial charge in [0.05, 0.1) is 14.2 Å². The molecule has 172 valence electrons. The molecule has 0 bridgehead atoms. The van der Waals surface area contributed by atoms with Crippen LogP contribution in [-0.2, 0) is 4.79 Å². The molecule has 2 aromatic carbocycles. The number of nitrogens with zero attached hydrogens (tertiary/aromatic N) is 2. The first-order valence-electron chi connectivity index (χ1n) is 10.9. The summed E-state index contributed by atoms with van der Waals surface area (Å²) in [5, 5.41) is 0. The summed E-state index contributed by atoms with van der Waals surface area (Å²) < 4.78 is 16.6. The molecule has 3 rings (SSSR count). The fourth-order valence-corrected chi connectivity index (χ4v) is 3.84. The number of rotatable bonds is 7. The van der Waals surface area contributed by atoms with Crippen LogP contribution in [0.2, 0.25) is 0 Å². The van der Waals surface area contributed by atoms with E-state index >= 15 is 0 Å². The van der Waals surface area contributed by atoms with E-state index in [1.54, 1.807) is 49.1 Å². The number of methoxy groups -OCH3 is 2. The molecule has 32 heavy (non-hydrogen) atoms. The van der Waals surface area contributed by atoms with Crippen LogP contribution in [0, 0.1) is 0 Å². The van der Waals surface area contributed by atoms with E-state index in [1.807, 2.05) is 24.3 Å². The smallest absolute Gasteiger partial charge is 0.263 e. The first kappa shape index (κ1) is 23.4. The molecule has 2 aromatic rings. The van der Waals surface area contributed by atoms with E-state index in [0.29, 0.717) is 49.2 Å². The Labute approximate surface area is 189 Å². The van der Waals surface area contributed by atoms with Crippen LogP contribution < -0.4 is 14.2 Å². The van der Waals surface area contributed by atoms with Gasteiger partial charge in [0, 0.05) is 31.7 Å². The van der Waals surface area contributed by atoms with Crippen LogP contribution in [0.4, 0.5) is 0 Å². The Kier molecular flexibility index (Phi) is 7.62. The average Bonchev–Trinajstić information content (AvgIpc) is 2.82. The number of hydrogen-bond donors (Lipinski definition) is 0. The molecule has 1 saturated heterocycles. The van der Waals surface area contributed by atoms with Gasteiger partial charge in [0.15, 0.2) is 17.6 Å². The summed E-state index contributed by atoms with van der Waals surface area (Å²) in [7, 11) is 3.10. The van der Waals surface area contributed by atoms with Gasteiger partial charge in [-0.1, -0.05) is 32.0 Å². The van der Waals surface area contributed by atoms with Crippen molar-refractivity contribution in [3.63, 3.8) is 0 Å². The van der Waals surface area contributed by atoms with E-state index in [4.69, 9.17) is 14.2 Å². The lowest BCUT2D eigenvalue weighted by Gasteiger charge is -2.36. The number of hydrogen-bond acceptors (Lipinski definition) is 5. The summed E-state index contributed by atoms with van der Waals surface area (Å²) in [4.78, 5) is 29.4. The lowest BCUT2D eigenvalue weighted by Crippen LogP contribution is -2.53. The van der Waals surface area contributed by atoms with Gasteiger partial charge < -0.3 is 24.0 Å². The molecule has 7 nitrogen and oxygen atoms in total.